The lowest BCUT2D eigenvalue weighted by atomic mass is 10.3. The van der Waals surface area contributed by atoms with Gasteiger partial charge in [-0.05, 0) is 33.9 Å². The maximum absolute atomic E-state index is 5.77. The Hall–Kier alpha value is -1.53. The number of aromatic nitrogens is 2. The fourth-order valence-electron chi connectivity index (χ4n) is 1.38. The number of nitrogens with two attached hydrogens (primary N) is 1. The molecule has 0 amide bonds. The summed E-state index contributed by atoms with van der Waals surface area (Å²) in [4.78, 5) is 1.01. The van der Waals surface area contributed by atoms with E-state index in [0.29, 0.717) is 11.2 Å². The predicted octanol–water partition coefficient (Wildman–Crippen LogP) is 3.02. The van der Waals surface area contributed by atoms with Crippen LogP contribution in [0.1, 0.15) is 0 Å². The minimum atomic E-state index is 0.590. The molecular weight excluding hydrogens is 242 g/mol. The third-order valence-electron chi connectivity index (χ3n) is 2.12. The van der Waals surface area contributed by atoms with E-state index in [2.05, 4.69) is 16.4 Å². The highest BCUT2D eigenvalue weighted by Gasteiger charge is 2.11. The van der Waals surface area contributed by atoms with E-state index in [1.54, 1.807) is 23.1 Å². The number of fused-ring (bicyclic) bond motifs is 1. The largest absolute Gasteiger partial charge is 0.397 e. The number of nitrogens with zero attached hydrogens (tertiary/aromatic N) is 2. The molecule has 4 nitrogen and oxygen atoms in total. The average Bonchev–Trinajstić information content (AvgIpc) is 2.92. The van der Waals surface area contributed by atoms with Crippen molar-refractivity contribution in [1.29, 1.82) is 0 Å². The molecule has 3 rings (SSSR count). The summed E-state index contributed by atoms with van der Waals surface area (Å²) < 4.78 is 5.92. The number of hydrogen-bond acceptors (Lipinski definition) is 6. The lowest BCUT2D eigenvalue weighted by Crippen LogP contribution is -1.87. The molecule has 0 radical (unpaired) electrons. The van der Waals surface area contributed by atoms with Gasteiger partial charge in [-0.1, -0.05) is 17.8 Å². The highest BCUT2D eigenvalue weighted by molar-refractivity contribution is 8.01. The number of thiophene rings is 1. The van der Waals surface area contributed by atoms with Crippen molar-refractivity contribution in [2.45, 2.75) is 9.10 Å². The van der Waals surface area contributed by atoms with E-state index in [1.807, 2.05) is 23.6 Å². The van der Waals surface area contributed by atoms with Crippen molar-refractivity contribution in [3.05, 3.63) is 29.6 Å². The van der Waals surface area contributed by atoms with Gasteiger partial charge in [-0.25, -0.2) is 4.63 Å². The highest BCUT2D eigenvalue weighted by atomic mass is 32.2. The van der Waals surface area contributed by atoms with Gasteiger partial charge in [0, 0.05) is 4.90 Å². The molecule has 0 atom stereocenters. The summed E-state index contributed by atoms with van der Waals surface area (Å²) in [6.07, 6.45) is 0. The molecule has 0 saturated heterocycles. The fraction of sp³-hybridized carbons (Fsp3) is 0. The van der Waals surface area contributed by atoms with Gasteiger partial charge >= 0.3 is 0 Å². The Morgan fingerprint density at radius 3 is 2.88 bits per heavy atom. The van der Waals surface area contributed by atoms with Gasteiger partial charge in [-0.15, -0.1) is 11.3 Å². The van der Waals surface area contributed by atoms with Crippen LogP contribution in [0, 0.1) is 0 Å². The SMILES string of the molecule is Nc1ccc(Sc2cccs2)c2nonc12. The second-order valence-corrected chi connectivity index (χ2v) is 5.44. The van der Waals surface area contributed by atoms with E-state index in [0.717, 1.165) is 10.4 Å². The van der Waals surface area contributed by atoms with Crippen molar-refractivity contribution < 1.29 is 4.63 Å². The molecule has 0 saturated carbocycles. The Morgan fingerprint density at radius 1 is 1.19 bits per heavy atom. The van der Waals surface area contributed by atoms with Crippen molar-refractivity contribution in [2.24, 2.45) is 0 Å². The van der Waals surface area contributed by atoms with Gasteiger partial charge in [0.2, 0.25) is 0 Å². The van der Waals surface area contributed by atoms with Crippen LogP contribution in [0.4, 0.5) is 5.69 Å². The van der Waals surface area contributed by atoms with Crippen LogP contribution in [-0.4, -0.2) is 10.3 Å². The Kier molecular flexibility index (Phi) is 2.30. The van der Waals surface area contributed by atoms with Gasteiger partial charge in [0.1, 0.15) is 0 Å². The highest BCUT2D eigenvalue weighted by Crippen LogP contribution is 2.36. The molecule has 0 spiro atoms. The zero-order valence-electron chi connectivity index (χ0n) is 8.08. The lowest BCUT2D eigenvalue weighted by molar-refractivity contribution is 0.315. The quantitative estimate of drug-likeness (QED) is 0.707. The van der Waals surface area contributed by atoms with Crippen LogP contribution >= 0.6 is 23.1 Å². The van der Waals surface area contributed by atoms with Gasteiger partial charge in [-0.3, -0.25) is 0 Å². The third-order valence-corrected chi connectivity index (χ3v) is 4.20. The number of benzene rings is 1. The molecule has 0 aliphatic carbocycles. The summed E-state index contributed by atoms with van der Waals surface area (Å²) >= 11 is 3.32. The van der Waals surface area contributed by atoms with Crippen LogP contribution in [0.3, 0.4) is 0 Å². The van der Waals surface area contributed by atoms with E-state index >= 15 is 0 Å². The number of nitrogen functional groups attached to an aromatic ring is 1. The van der Waals surface area contributed by atoms with Crippen molar-refractivity contribution >= 4 is 39.8 Å². The van der Waals surface area contributed by atoms with Crippen molar-refractivity contribution in [3.63, 3.8) is 0 Å². The van der Waals surface area contributed by atoms with Crippen molar-refractivity contribution in [1.82, 2.24) is 10.3 Å². The summed E-state index contributed by atoms with van der Waals surface area (Å²) in [7, 11) is 0. The van der Waals surface area contributed by atoms with Crippen molar-refractivity contribution in [2.75, 3.05) is 5.73 Å². The van der Waals surface area contributed by atoms with Crippen LogP contribution in [0.15, 0.2) is 43.4 Å². The van der Waals surface area contributed by atoms with E-state index in [9.17, 15) is 0 Å². The predicted molar refractivity (Wildman–Crippen MR) is 64.7 cm³/mol. The Labute approximate surface area is 99.4 Å². The van der Waals surface area contributed by atoms with Gasteiger partial charge < -0.3 is 5.73 Å². The summed E-state index contributed by atoms with van der Waals surface area (Å²) in [5.74, 6) is 0. The topological polar surface area (TPSA) is 64.9 Å². The van der Waals surface area contributed by atoms with E-state index < -0.39 is 0 Å². The molecule has 2 N–H and O–H groups in total. The zero-order valence-corrected chi connectivity index (χ0v) is 9.72. The average molecular weight is 249 g/mol. The summed E-state index contributed by atoms with van der Waals surface area (Å²) in [6, 6.07) is 7.84. The van der Waals surface area contributed by atoms with Crippen LogP contribution in [0.25, 0.3) is 11.0 Å². The molecule has 6 heteroatoms. The molecule has 2 aromatic heterocycles. The fourth-order valence-corrected chi connectivity index (χ4v) is 3.18. The van der Waals surface area contributed by atoms with Crippen LogP contribution in [-0.2, 0) is 0 Å². The molecule has 2 heterocycles. The molecule has 3 aromatic rings. The second kappa shape index (κ2) is 3.80. The first kappa shape index (κ1) is 9.68. The molecule has 0 aliphatic rings. The molecule has 0 fully saturated rings. The maximum atomic E-state index is 5.77. The van der Waals surface area contributed by atoms with Crippen molar-refractivity contribution in [3.8, 4) is 0 Å². The Balaban J connectivity index is 2.10. The van der Waals surface area contributed by atoms with Crippen LogP contribution in [0.2, 0.25) is 0 Å². The van der Waals surface area contributed by atoms with Crippen LogP contribution < -0.4 is 5.73 Å². The van der Waals surface area contributed by atoms with Crippen LogP contribution in [0.5, 0.6) is 0 Å². The number of hydrogen-bond donors (Lipinski definition) is 1. The molecule has 1 aromatic carbocycles. The zero-order chi connectivity index (χ0) is 11.0. The summed E-state index contributed by atoms with van der Waals surface area (Å²) in [5.41, 5.74) is 7.71. The first-order chi connectivity index (χ1) is 7.84. The van der Waals surface area contributed by atoms with Gasteiger partial charge in [0.25, 0.3) is 0 Å². The van der Waals surface area contributed by atoms with E-state index in [4.69, 9.17) is 10.4 Å². The van der Waals surface area contributed by atoms with Gasteiger partial charge in [-0.2, -0.15) is 0 Å². The normalized spacial score (nSPS) is 11.0. The minimum absolute atomic E-state index is 0.590. The number of rotatable bonds is 2. The standard InChI is InChI=1S/C10H7N3OS2/c11-6-3-4-7(10-9(6)12-14-13-10)16-8-2-1-5-15-8/h1-5H,11H2. The molecule has 80 valence electrons. The molecule has 0 unspecified atom stereocenters. The first-order valence-electron chi connectivity index (χ1n) is 4.57. The lowest BCUT2D eigenvalue weighted by Gasteiger charge is -1.99. The molecule has 16 heavy (non-hydrogen) atoms. The minimum Gasteiger partial charge on any atom is -0.397 e. The molecular formula is C10H7N3OS2. The first-order valence-corrected chi connectivity index (χ1v) is 6.26. The van der Waals surface area contributed by atoms with E-state index in [1.165, 1.54) is 4.21 Å². The Morgan fingerprint density at radius 2 is 2.06 bits per heavy atom. The second-order valence-electron chi connectivity index (χ2n) is 3.15. The molecule has 0 aliphatic heterocycles. The van der Waals surface area contributed by atoms with E-state index in [-0.39, 0.29) is 0 Å². The maximum Gasteiger partial charge on any atom is 0.159 e. The monoisotopic (exact) mass is 249 g/mol. The third kappa shape index (κ3) is 1.56. The smallest absolute Gasteiger partial charge is 0.159 e. The Bertz CT molecular complexity index is 618. The summed E-state index contributed by atoms with van der Waals surface area (Å²) in [6.45, 7) is 0. The van der Waals surface area contributed by atoms with Gasteiger partial charge in [0.15, 0.2) is 11.0 Å². The van der Waals surface area contributed by atoms with Gasteiger partial charge in [0.05, 0.1) is 9.90 Å². The number of anilines is 1. The molecule has 0 bridgehead atoms. The summed E-state index contributed by atoms with van der Waals surface area (Å²) in [5, 5.41) is 9.70.